The fourth-order valence-electron chi connectivity index (χ4n) is 9.45. The van der Waals surface area contributed by atoms with Crippen molar-refractivity contribution in [2.45, 2.75) is 0 Å². The number of benzene rings is 11. The summed E-state index contributed by atoms with van der Waals surface area (Å²) in [6.07, 6.45) is 0. The Kier molecular flexibility index (Phi) is 9.20. The molecule has 1 aliphatic heterocycles. The summed E-state index contributed by atoms with van der Waals surface area (Å²) in [6, 6.07) is 89.8. The molecule has 2 heteroatoms. The molecule has 0 atom stereocenters. The van der Waals surface area contributed by atoms with Crippen molar-refractivity contribution in [2.24, 2.45) is 0 Å². The highest BCUT2D eigenvalue weighted by Gasteiger charge is 2.22. The summed E-state index contributed by atoms with van der Waals surface area (Å²) in [5.41, 5.74) is 17.4. The number of nitrogens with zero attached hydrogens (tertiary/aromatic N) is 1. The lowest BCUT2D eigenvalue weighted by Crippen LogP contribution is -2.10. The second kappa shape index (κ2) is 15.8. The van der Waals surface area contributed by atoms with E-state index >= 15 is 0 Å². The monoisotopic (exact) mass is 815 g/mol. The maximum absolute atomic E-state index is 6.38. The first kappa shape index (κ1) is 37.3. The van der Waals surface area contributed by atoms with E-state index in [1.165, 1.54) is 55.3 Å². The summed E-state index contributed by atoms with van der Waals surface area (Å²) in [5, 5.41) is 4.80. The van der Waals surface area contributed by atoms with Crippen LogP contribution < -0.4 is 9.64 Å². The van der Waals surface area contributed by atoms with Crippen LogP contribution in [0.15, 0.2) is 249 Å². The molecule has 11 aromatic carbocycles. The molecule has 0 fully saturated rings. The number of fused-ring (bicyclic) bond motifs is 3. The predicted octanol–water partition coefficient (Wildman–Crippen LogP) is 17.6. The molecule has 64 heavy (non-hydrogen) atoms. The smallest absolute Gasteiger partial charge is 0.135 e. The first-order valence-corrected chi connectivity index (χ1v) is 21.9. The third kappa shape index (κ3) is 6.79. The fourth-order valence-corrected chi connectivity index (χ4v) is 9.45. The lowest BCUT2D eigenvalue weighted by atomic mass is 9.90. The van der Waals surface area contributed by atoms with E-state index in [4.69, 9.17) is 4.74 Å². The van der Waals surface area contributed by atoms with E-state index in [2.05, 4.69) is 248 Å². The van der Waals surface area contributed by atoms with Crippen LogP contribution >= 0.6 is 0 Å². The van der Waals surface area contributed by atoms with Gasteiger partial charge in [-0.1, -0.05) is 176 Å². The van der Waals surface area contributed by atoms with E-state index in [1.807, 2.05) is 6.07 Å². The predicted molar refractivity (Wildman–Crippen MR) is 269 cm³/mol. The van der Waals surface area contributed by atoms with Gasteiger partial charge in [0, 0.05) is 28.0 Å². The average Bonchev–Trinajstić information content (AvgIpc) is 3.37. The van der Waals surface area contributed by atoms with Crippen LogP contribution in [0.3, 0.4) is 0 Å². The lowest BCUT2D eigenvalue weighted by Gasteiger charge is -2.27. The summed E-state index contributed by atoms with van der Waals surface area (Å²) in [7, 11) is 0. The molecule has 2 nitrogen and oxygen atoms in total. The van der Waals surface area contributed by atoms with E-state index in [9.17, 15) is 0 Å². The van der Waals surface area contributed by atoms with E-state index in [0.29, 0.717) is 0 Å². The Morgan fingerprint density at radius 2 is 0.750 bits per heavy atom. The van der Waals surface area contributed by atoms with Gasteiger partial charge in [0.2, 0.25) is 0 Å². The zero-order valence-electron chi connectivity index (χ0n) is 35.0. The molecule has 1 aliphatic rings. The maximum Gasteiger partial charge on any atom is 0.135 e. The van der Waals surface area contributed by atoms with Gasteiger partial charge in [-0.2, -0.15) is 0 Å². The lowest BCUT2D eigenvalue weighted by molar-refractivity contribution is 0.487. The third-order valence-corrected chi connectivity index (χ3v) is 12.6. The van der Waals surface area contributed by atoms with Gasteiger partial charge < -0.3 is 9.64 Å². The van der Waals surface area contributed by atoms with E-state index < -0.39 is 0 Å². The van der Waals surface area contributed by atoms with Crippen molar-refractivity contribution in [3.8, 4) is 78.3 Å². The minimum Gasteiger partial charge on any atom is -0.456 e. The molecule has 0 unspecified atom stereocenters. The van der Waals surface area contributed by atoms with Gasteiger partial charge in [0.15, 0.2) is 0 Å². The summed E-state index contributed by atoms with van der Waals surface area (Å²) in [5.74, 6) is 1.79. The summed E-state index contributed by atoms with van der Waals surface area (Å²) in [6.45, 7) is 0. The Labute approximate surface area is 373 Å². The molecular formula is C62H41NO. The van der Waals surface area contributed by atoms with Crippen LogP contribution in [0, 0.1) is 0 Å². The molecule has 0 saturated carbocycles. The molecule has 12 rings (SSSR count). The number of anilines is 3. The van der Waals surface area contributed by atoms with Gasteiger partial charge in [-0.3, -0.25) is 0 Å². The van der Waals surface area contributed by atoms with Crippen molar-refractivity contribution in [3.05, 3.63) is 249 Å². The van der Waals surface area contributed by atoms with Gasteiger partial charge >= 0.3 is 0 Å². The molecular weight excluding hydrogens is 775 g/mol. The van der Waals surface area contributed by atoms with Crippen molar-refractivity contribution in [3.63, 3.8) is 0 Å². The van der Waals surface area contributed by atoms with Gasteiger partial charge in [-0.25, -0.2) is 0 Å². The third-order valence-electron chi connectivity index (χ3n) is 12.6. The fraction of sp³-hybridized carbons (Fsp3) is 0. The van der Waals surface area contributed by atoms with Crippen molar-refractivity contribution >= 4 is 38.6 Å². The summed E-state index contributed by atoms with van der Waals surface area (Å²) >= 11 is 0. The Bertz CT molecular complexity index is 3500. The Morgan fingerprint density at radius 1 is 0.234 bits per heavy atom. The quantitative estimate of drug-likeness (QED) is 0.151. The van der Waals surface area contributed by atoms with Gasteiger partial charge in [0.1, 0.15) is 11.5 Å². The van der Waals surface area contributed by atoms with Crippen molar-refractivity contribution in [1.82, 2.24) is 0 Å². The average molecular weight is 816 g/mol. The van der Waals surface area contributed by atoms with Crippen LogP contribution in [0.1, 0.15) is 0 Å². The second-order valence-electron chi connectivity index (χ2n) is 16.5. The number of ether oxygens (including phenoxy) is 1. The van der Waals surface area contributed by atoms with Crippen LogP contribution in [-0.2, 0) is 0 Å². The molecule has 0 amide bonds. The Morgan fingerprint density at radius 3 is 1.50 bits per heavy atom. The highest BCUT2D eigenvalue weighted by molar-refractivity contribution is 6.06. The molecule has 300 valence electrons. The standard InChI is InChI=1S/C62H41NO/c1-3-14-45(15-4-1)56-36-31-50(40-58(56)46-16-5-2-6-17-46)44-29-34-54(35-30-44)63(53-32-27-43(28-33-53)49-26-25-42-13-7-8-18-47(42)37-49)55-21-11-19-48(39-55)52-38-51-20-12-24-61-62(51)59(41-52)57-22-9-10-23-60(57)64-61/h1-41H. The van der Waals surface area contributed by atoms with Gasteiger partial charge in [0.05, 0.1) is 0 Å². The first-order chi connectivity index (χ1) is 31.7. The number of hydrogen-bond acceptors (Lipinski definition) is 2. The molecule has 0 aromatic heterocycles. The molecule has 0 saturated heterocycles. The van der Waals surface area contributed by atoms with Crippen LogP contribution in [0.2, 0.25) is 0 Å². The molecule has 0 bridgehead atoms. The molecule has 0 radical (unpaired) electrons. The molecule has 0 aliphatic carbocycles. The number of hydrogen-bond donors (Lipinski definition) is 0. The number of rotatable bonds is 8. The normalized spacial score (nSPS) is 11.6. The zero-order chi connectivity index (χ0) is 42.4. The highest BCUT2D eigenvalue weighted by atomic mass is 16.5. The van der Waals surface area contributed by atoms with E-state index in [0.717, 1.165) is 61.6 Å². The topological polar surface area (TPSA) is 12.5 Å². The first-order valence-electron chi connectivity index (χ1n) is 21.9. The van der Waals surface area contributed by atoms with Gasteiger partial charge in [-0.15, -0.1) is 0 Å². The number of para-hydroxylation sites is 1. The van der Waals surface area contributed by atoms with Crippen LogP contribution in [0.25, 0.3) is 88.3 Å². The largest absolute Gasteiger partial charge is 0.456 e. The molecule has 0 spiro atoms. The minimum absolute atomic E-state index is 0.888. The van der Waals surface area contributed by atoms with E-state index in [1.54, 1.807) is 0 Å². The SMILES string of the molecule is c1ccc(-c2ccc(-c3ccc(N(c4ccc(-c5ccc6ccccc6c5)cc4)c4cccc(-c5cc6c7c(cccc7c5)Oc5ccccc5-6)c4)cc3)cc2-c2ccccc2)cc1. The van der Waals surface area contributed by atoms with Crippen molar-refractivity contribution in [1.29, 1.82) is 0 Å². The van der Waals surface area contributed by atoms with Gasteiger partial charge in [-0.05, 0) is 150 Å². The van der Waals surface area contributed by atoms with Crippen LogP contribution in [0.4, 0.5) is 17.1 Å². The summed E-state index contributed by atoms with van der Waals surface area (Å²) in [4.78, 5) is 2.37. The Balaban J connectivity index is 0.958. The second-order valence-corrected chi connectivity index (χ2v) is 16.5. The molecule has 0 N–H and O–H groups in total. The zero-order valence-corrected chi connectivity index (χ0v) is 35.0. The summed E-state index contributed by atoms with van der Waals surface area (Å²) < 4.78 is 6.38. The van der Waals surface area contributed by atoms with Gasteiger partial charge in [0.25, 0.3) is 0 Å². The van der Waals surface area contributed by atoms with Crippen molar-refractivity contribution in [2.75, 3.05) is 4.90 Å². The maximum atomic E-state index is 6.38. The Hall–Kier alpha value is -8.46. The van der Waals surface area contributed by atoms with Crippen molar-refractivity contribution < 1.29 is 4.74 Å². The van der Waals surface area contributed by atoms with Crippen LogP contribution in [-0.4, -0.2) is 0 Å². The molecule has 1 heterocycles. The van der Waals surface area contributed by atoms with E-state index in [-0.39, 0.29) is 0 Å². The van der Waals surface area contributed by atoms with Crippen LogP contribution in [0.5, 0.6) is 11.5 Å². The minimum atomic E-state index is 0.888. The highest BCUT2D eigenvalue weighted by Crippen LogP contribution is 2.48. The molecule has 11 aromatic rings.